The Bertz CT molecular complexity index is 1080. The van der Waals surface area contributed by atoms with Crippen LogP contribution in [0.3, 0.4) is 0 Å². The Kier molecular flexibility index (Phi) is 5.26. The van der Waals surface area contributed by atoms with Gasteiger partial charge in [0.1, 0.15) is 13.2 Å². The molecule has 0 atom stereocenters. The van der Waals surface area contributed by atoms with Gasteiger partial charge in [0, 0.05) is 27.9 Å². The Morgan fingerprint density at radius 1 is 0.931 bits per heavy atom. The smallest absolute Gasteiger partial charge is 0.291 e. The van der Waals surface area contributed by atoms with Gasteiger partial charge in [-0.05, 0) is 52.7 Å². The van der Waals surface area contributed by atoms with Crippen molar-refractivity contribution in [3.05, 3.63) is 70.1 Å². The lowest BCUT2D eigenvalue weighted by Gasteiger charge is -2.20. The van der Waals surface area contributed by atoms with Gasteiger partial charge in [-0.25, -0.2) is 0 Å². The van der Waals surface area contributed by atoms with Gasteiger partial charge in [-0.15, -0.1) is 0 Å². The standard InChI is InChI=1S/C21H17BrN2O5/c1-12-4-5-13(9-15(12)23-21(26)17-3-2-6-27-17)20(25)24-16-11-19-18(10-14(16)22)28-7-8-29-19/h2-6,9-11H,7-8H2,1H3,(H,23,26)(H,24,25). The quantitative estimate of drug-likeness (QED) is 0.597. The van der Waals surface area contributed by atoms with Gasteiger partial charge < -0.3 is 24.5 Å². The van der Waals surface area contributed by atoms with Crippen molar-refractivity contribution < 1.29 is 23.5 Å². The molecule has 3 aromatic rings. The fourth-order valence-electron chi connectivity index (χ4n) is 2.84. The maximum atomic E-state index is 12.8. The molecule has 1 aromatic heterocycles. The highest BCUT2D eigenvalue weighted by Crippen LogP contribution is 2.38. The summed E-state index contributed by atoms with van der Waals surface area (Å²) >= 11 is 3.44. The van der Waals surface area contributed by atoms with E-state index < -0.39 is 0 Å². The van der Waals surface area contributed by atoms with E-state index in [0.717, 1.165) is 5.56 Å². The van der Waals surface area contributed by atoms with Crippen LogP contribution in [-0.2, 0) is 0 Å². The average Bonchev–Trinajstić information content (AvgIpc) is 3.25. The van der Waals surface area contributed by atoms with Crippen LogP contribution >= 0.6 is 15.9 Å². The molecule has 0 radical (unpaired) electrons. The second-order valence-electron chi connectivity index (χ2n) is 6.39. The highest BCUT2D eigenvalue weighted by molar-refractivity contribution is 9.10. The van der Waals surface area contributed by atoms with Crippen molar-refractivity contribution in [1.82, 2.24) is 0 Å². The number of fused-ring (bicyclic) bond motifs is 1. The predicted octanol–water partition coefficient (Wildman–Crippen LogP) is 4.63. The lowest BCUT2D eigenvalue weighted by Crippen LogP contribution is -2.17. The number of anilines is 2. The molecule has 7 nitrogen and oxygen atoms in total. The van der Waals surface area contributed by atoms with E-state index in [-0.39, 0.29) is 17.6 Å². The minimum atomic E-state index is -0.384. The maximum Gasteiger partial charge on any atom is 0.291 e. The van der Waals surface area contributed by atoms with E-state index in [1.807, 2.05) is 6.92 Å². The summed E-state index contributed by atoms with van der Waals surface area (Å²) in [6.45, 7) is 2.79. The van der Waals surface area contributed by atoms with Gasteiger partial charge in [0.15, 0.2) is 17.3 Å². The monoisotopic (exact) mass is 456 g/mol. The van der Waals surface area contributed by atoms with Gasteiger partial charge >= 0.3 is 0 Å². The molecule has 29 heavy (non-hydrogen) atoms. The van der Waals surface area contributed by atoms with Gasteiger partial charge in [0.05, 0.1) is 12.0 Å². The number of hydrogen-bond acceptors (Lipinski definition) is 5. The molecule has 2 amide bonds. The number of amides is 2. The van der Waals surface area contributed by atoms with Crippen molar-refractivity contribution in [1.29, 1.82) is 0 Å². The molecule has 0 bridgehead atoms. The molecule has 4 rings (SSSR count). The number of carbonyl (C=O) groups is 2. The summed E-state index contributed by atoms with van der Waals surface area (Å²) in [5, 5.41) is 5.62. The second kappa shape index (κ2) is 8.00. The highest BCUT2D eigenvalue weighted by atomic mass is 79.9. The van der Waals surface area contributed by atoms with Crippen LogP contribution in [0, 0.1) is 6.92 Å². The molecular weight excluding hydrogens is 440 g/mol. The Balaban J connectivity index is 1.54. The Labute approximate surface area is 175 Å². The predicted molar refractivity (Wildman–Crippen MR) is 111 cm³/mol. The SMILES string of the molecule is Cc1ccc(C(=O)Nc2cc3c(cc2Br)OCCO3)cc1NC(=O)c1ccco1. The molecule has 148 valence electrons. The third kappa shape index (κ3) is 4.12. The van der Waals surface area contributed by atoms with Gasteiger partial charge in [-0.3, -0.25) is 9.59 Å². The number of furan rings is 1. The average molecular weight is 457 g/mol. The highest BCUT2D eigenvalue weighted by Gasteiger charge is 2.18. The van der Waals surface area contributed by atoms with Crippen molar-refractivity contribution >= 4 is 39.1 Å². The van der Waals surface area contributed by atoms with Gasteiger partial charge in [0.2, 0.25) is 0 Å². The molecule has 0 saturated carbocycles. The summed E-state index contributed by atoms with van der Waals surface area (Å²) in [6, 6.07) is 11.8. The number of carbonyl (C=O) groups excluding carboxylic acids is 2. The molecule has 2 N–H and O–H groups in total. The third-order valence-electron chi connectivity index (χ3n) is 4.37. The van der Waals surface area contributed by atoms with Crippen LogP contribution in [0.1, 0.15) is 26.5 Å². The molecule has 2 aromatic carbocycles. The molecule has 0 fully saturated rings. The van der Waals surface area contributed by atoms with Crippen molar-refractivity contribution in [2.75, 3.05) is 23.8 Å². The topological polar surface area (TPSA) is 89.8 Å². The molecule has 1 aliphatic heterocycles. The van der Waals surface area contributed by atoms with Crippen LogP contribution in [0.25, 0.3) is 0 Å². The summed E-state index contributed by atoms with van der Waals surface area (Å²) in [5.41, 5.74) is 2.30. The van der Waals surface area contributed by atoms with Gasteiger partial charge in [-0.2, -0.15) is 0 Å². The molecule has 1 aliphatic rings. The number of benzene rings is 2. The minimum Gasteiger partial charge on any atom is -0.486 e. The van der Waals surface area contributed by atoms with E-state index >= 15 is 0 Å². The third-order valence-corrected chi connectivity index (χ3v) is 5.03. The van der Waals surface area contributed by atoms with Gasteiger partial charge in [0.25, 0.3) is 11.8 Å². The van der Waals surface area contributed by atoms with Crippen LogP contribution < -0.4 is 20.1 Å². The first-order valence-corrected chi connectivity index (χ1v) is 9.66. The summed E-state index contributed by atoms with van der Waals surface area (Å²) in [7, 11) is 0. The number of hydrogen-bond donors (Lipinski definition) is 2. The molecule has 0 unspecified atom stereocenters. The van der Waals surface area contributed by atoms with E-state index in [9.17, 15) is 9.59 Å². The summed E-state index contributed by atoms with van der Waals surface area (Å²) in [5.74, 6) is 0.685. The zero-order chi connectivity index (χ0) is 20.4. The van der Waals surface area contributed by atoms with Crippen molar-refractivity contribution in [3.8, 4) is 11.5 Å². The van der Waals surface area contributed by atoms with E-state index in [1.165, 1.54) is 6.26 Å². The lowest BCUT2D eigenvalue weighted by atomic mass is 10.1. The summed E-state index contributed by atoms with van der Waals surface area (Å²) in [4.78, 5) is 25.0. The van der Waals surface area contributed by atoms with Crippen LogP contribution in [0.2, 0.25) is 0 Å². The first kappa shape index (κ1) is 19.1. The first-order valence-electron chi connectivity index (χ1n) is 8.87. The van der Waals surface area contributed by atoms with Crippen LogP contribution in [0.5, 0.6) is 11.5 Å². The molecular formula is C21H17BrN2O5. The van der Waals surface area contributed by atoms with Gasteiger partial charge in [-0.1, -0.05) is 6.07 Å². The first-order chi connectivity index (χ1) is 14.0. The van der Waals surface area contributed by atoms with Crippen LogP contribution in [-0.4, -0.2) is 25.0 Å². The summed E-state index contributed by atoms with van der Waals surface area (Å²) in [6.07, 6.45) is 1.43. The molecule has 0 spiro atoms. The van der Waals surface area contributed by atoms with Crippen molar-refractivity contribution in [3.63, 3.8) is 0 Å². The molecule has 2 heterocycles. The van der Waals surface area contributed by atoms with E-state index in [2.05, 4.69) is 26.6 Å². The van der Waals surface area contributed by atoms with E-state index in [0.29, 0.717) is 46.1 Å². The maximum absolute atomic E-state index is 12.8. The number of rotatable bonds is 4. The summed E-state index contributed by atoms with van der Waals surface area (Å²) < 4.78 is 16.9. The lowest BCUT2D eigenvalue weighted by molar-refractivity contribution is 0.0993. The largest absolute Gasteiger partial charge is 0.486 e. The second-order valence-corrected chi connectivity index (χ2v) is 7.25. The number of aryl methyl sites for hydroxylation is 1. The normalized spacial score (nSPS) is 12.3. The fraction of sp³-hybridized carbons (Fsp3) is 0.143. The van der Waals surface area contributed by atoms with Crippen molar-refractivity contribution in [2.45, 2.75) is 6.92 Å². The van der Waals surface area contributed by atoms with Crippen molar-refractivity contribution in [2.24, 2.45) is 0 Å². The minimum absolute atomic E-state index is 0.194. The molecule has 0 aliphatic carbocycles. The van der Waals surface area contributed by atoms with Crippen LogP contribution in [0.4, 0.5) is 11.4 Å². The Hall–Kier alpha value is -3.26. The Morgan fingerprint density at radius 2 is 1.66 bits per heavy atom. The number of ether oxygens (including phenoxy) is 2. The van der Waals surface area contributed by atoms with Crippen LogP contribution in [0.15, 0.2) is 57.6 Å². The molecule has 0 saturated heterocycles. The number of nitrogens with one attached hydrogen (secondary N) is 2. The molecule has 8 heteroatoms. The fourth-order valence-corrected chi connectivity index (χ4v) is 3.27. The zero-order valence-corrected chi connectivity index (χ0v) is 17.0. The van der Waals surface area contributed by atoms with E-state index in [4.69, 9.17) is 13.9 Å². The Morgan fingerprint density at radius 3 is 2.38 bits per heavy atom. The zero-order valence-electron chi connectivity index (χ0n) is 15.5. The number of halogens is 1. The van der Waals surface area contributed by atoms with E-state index in [1.54, 1.807) is 42.5 Å².